The second kappa shape index (κ2) is 6.39. The highest BCUT2D eigenvalue weighted by atomic mass is 19.1. The summed E-state index contributed by atoms with van der Waals surface area (Å²) >= 11 is 0. The van der Waals surface area contributed by atoms with Gasteiger partial charge in [0.1, 0.15) is 0 Å². The predicted octanol–water partition coefficient (Wildman–Crippen LogP) is 2.88. The first kappa shape index (κ1) is 15.0. The Bertz CT molecular complexity index is 633. The van der Waals surface area contributed by atoms with Crippen molar-refractivity contribution in [1.82, 2.24) is 10.2 Å². The Labute approximate surface area is 121 Å². The van der Waals surface area contributed by atoms with E-state index in [1.807, 2.05) is 13.8 Å². The van der Waals surface area contributed by atoms with Gasteiger partial charge in [0.05, 0.1) is 17.9 Å². The van der Waals surface area contributed by atoms with Gasteiger partial charge in [0.25, 0.3) is 0 Å². The second-order valence-electron chi connectivity index (χ2n) is 4.81. The third-order valence-electron chi connectivity index (χ3n) is 3.29. The molecule has 0 fully saturated rings. The van der Waals surface area contributed by atoms with Gasteiger partial charge in [0.15, 0.2) is 11.6 Å². The van der Waals surface area contributed by atoms with Crippen molar-refractivity contribution in [2.24, 2.45) is 0 Å². The molecule has 0 amide bonds. The lowest BCUT2D eigenvalue weighted by atomic mass is 10.1. The number of halogens is 1. The van der Waals surface area contributed by atoms with Gasteiger partial charge in [-0.05, 0) is 50.5 Å². The molecule has 112 valence electrons. The molecule has 1 aromatic heterocycles. The van der Waals surface area contributed by atoms with Gasteiger partial charge in [-0.2, -0.15) is 5.10 Å². The van der Waals surface area contributed by atoms with E-state index >= 15 is 0 Å². The number of carbonyl (C=O) groups is 1. The zero-order valence-corrected chi connectivity index (χ0v) is 11.9. The molecule has 2 rings (SSSR count). The fourth-order valence-corrected chi connectivity index (χ4v) is 2.12. The number of carboxylic acid groups (broad SMARTS) is 1. The smallest absolute Gasteiger partial charge is 0.335 e. The topological polar surface area (TPSA) is 75.2 Å². The maximum Gasteiger partial charge on any atom is 0.335 e. The molecule has 0 spiro atoms. The second-order valence-corrected chi connectivity index (χ2v) is 4.81. The van der Waals surface area contributed by atoms with E-state index in [2.05, 4.69) is 10.2 Å². The van der Waals surface area contributed by atoms with Gasteiger partial charge >= 0.3 is 5.97 Å². The molecule has 0 aliphatic heterocycles. The Morgan fingerprint density at radius 1 is 1.43 bits per heavy atom. The summed E-state index contributed by atoms with van der Waals surface area (Å²) in [6, 6.07) is 3.63. The van der Waals surface area contributed by atoms with Crippen LogP contribution >= 0.6 is 0 Å². The van der Waals surface area contributed by atoms with Crippen LogP contribution in [0.25, 0.3) is 0 Å². The summed E-state index contributed by atoms with van der Waals surface area (Å²) in [6.07, 6.45) is 1.52. The number of ether oxygens (including phenoxy) is 1. The van der Waals surface area contributed by atoms with Crippen molar-refractivity contribution in [3.8, 4) is 5.75 Å². The normalized spacial score (nSPS) is 10.6. The van der Waals surface area contributed by atoms with E-state index in [9.17, 15) is 9.18 Å². The lowest BCUT2D eigenvalue weighted by molar-refractivity contribution is 0.0696. The number of aryl methyl sites for hydroxylation is 2. The molecule has 0 radical (unpaired) electrons. The summed E-state index contributed by atoms with van der Waals surface area (Å²) in [4.78, 5) is 10.7. The van der Waals surface area contributed by atoms with Crippen molar-refractivity contribution in [3.63, 3.8) is 0 Å². The first-order valence-electron chi connectivity index (χ1n) is 6.65. The van der Waals surface area contributed by atoms with Crippen LogP contribution in [0.15, 0.2) is 18.2 Å². The van der Waals surface area contributed by atoms with E-state index in [4.69, 9.17) is 9.84 Å². The molecule has 1 aromatic carbocycles. The molecule has 0 unspecified atom stereocenters. The molecular weight excluding hydrogens is 275 g/mol. The molecular formula is C15H17FN2O3. The Morgan fingerprint density at radius 2 is 2.19 bits per heavy atom. The first-order chi connectivity index (χ1) is 9.99. The van der Waals surface area contributed by atoms with Crippen molar-refractivity contribution in [3.05, 3.63) is 46.5 Å². The molecule has 0 saturated carbocycles. The summed E-state index contributed by atoms with van der Waals surface area (Å²) in [7, 11) is 0. The number of aromatic amines is 1. The molecule has 1 heterocycles. The molecule has 21 heavy (non-hydrogen) atoms. The molecule has 5 nitrogen and oxygen atoms in total. The highest BCUT2D eigenvalue weighted by Crippen LogP contribution is 2.19. The van der Waals surface area contributed by atoms with E-state index < -0.39 is 11.8 Å². The summed E-state index contributed by atoms with van der Waals surface area (Å²) in [6.45, 7) is 4.25. The quantitative estimate of drug-likeness (QED) is 0.803. The van der Waals surface area contributed by atoms with Gasteiger partial charge in [-0.15, -0.1) is 0 Å². The highest BCUT2D eigenvalue weighted by Gasteiger charge is 2.10. The van der Waals surface area contributed by atoms with E-state index in [0.717, 1.165) is 35.9 Å². The summed E-state index contributed by atoms with van der Waals surface area (Å²) in [5.41, 5.74) is 3.05. The maximum absolute atomic E-state index is 13.6. The maximum atomic E-state index is 13.6. The van der Waals surface area contributed by atoms with Crippen LogP contribution in [-0.2, 0) is 6.42 Å². The number of benzene rings is 1. The number of hydrogen-bond acceptors (Lipinski definition) is 3. The summed E-state index contributed by atoms with van der Waals surface area (Å²) < 4.78 is 19.0. The predicted molar refractivity (Wildman–Crippen MR) is 75.2 cm³/mol. The average Bonchev–Trinajstić information content (AvgIpc) is 2.76. The Balaban J connectivity index is 1.88. The zero-order valence-electron chi connectivity index (χ0n) is 11.9. The zero-order chi connectivity index (χ0) is 15.4. The van der Waals surface area contributed by atoms with Crippen LogP contribution in [0.5, 0.6) is 5.75 Å². The number of nitrogens with one attached hydrogen (secondary N) is 1. The van der Waals surface area contributed by atoms with Crippen LogP contribution < -0.4 is 4.74 Å². The van der Waals surface area contributed by atoms with E-state index in [-0.39, 0.29) is 11.3 Å². The van der Waals surface area contributed by atoms with Gasteiger partial charge in [0, 0.05) is 5.69 Å². The van der Waals surface area contributed by atoms with E-state index in [0.29, 0.717) is 6.61 Å². The van der Waals surface area contributed by atoms with Crippen LogP contribution in [0.4, 0.5) is 4.39 Å². The molecule has 2 N–H and O–H groups in total. The minimum absolute atomic E-state index is 0.0700. The van der Waals surface area contributed by atoms with Crippen LogP contribution in [-0.4, -0.2) is 27.9 Å². The minimum Gasteiger partial charge on any atom is -0.491 e. The summed E-state index contributed by atoms with van der Waals surface area (Å²) in [5.74, 6) is -1.75. The average molecular weight is 292 g/mol. The Kier molecular flexibility index (Phi) is 4.57. The lowest BCUT2D eigenvalue weighted by Gasteiger charge is -2.08. The number of carboxylic acids is 1. The van der Waals surface area contributed by atoms with Crippen molar-refractivity contribution < 1.29 is 19.0 Å². The number of H-pyrrole nitrogens is 1. The van der Waals surface area contributed by atoms with Crippen LogP contribution in [0.2, 0.25) is 0 Å². The van der Waals surface area contributed by atoms with Gasteiger partial charge < -0.3 is 9.84 Å². The number of rotatable bonds is 6. The number of nitrogens with zero attached hydrogens (tertiary/aromatic N) is 1. The van der Waals surface area contributed by atoms with Gasteiger partial charge in [-0.3, -0.25) is 5.10 Å². The third kappa shape index (κ3) is 3.59. The van der Waals surface area contributed by atoms with Gasteiger partial charge in [-0.25, -0.2) is 9.18 Å². The van der Waals surface area contributed by atoms with Gasteiger partial charge in [0.2, 0.25) is 0 Å². The fraction of sp³-hybridized carbons (Fsp3) is 0.333. The molecule has 0 atom stereocenters. The monoisotopic (exact) mass is 292 g/mol. The van der Waals surface area contributed by atoms with Crippen molar-refractivity contribution in [2.75, 3.05) is 6.61 Å². The Hall–Kier alpha value is -2.37. The first-order valence-corrected chi connectivity index (χ1v) is 6.65. The van der Waals surface area contributed by atoms with Crippen molar-refractivity contribution in [1.29, 1.82) is 0 Å². The standard InChI is InChI=1S/C15H17FN2O3/c1-9-12(10(2)18-17-9)4-3-7-21-14-6-5-11(15(19)20)8-13(14)16/h5-6,8H,3-4,7H2,1-2H3,(H,17,18)(H,19,20). The fourth-order valence-electron chi connectivity index (χ4n) is 2.12. The lowest BCUT2D eigenvalue weighted by Crippen LogP contribution is -2.03. The molecule has 2 aromatic rings. The highest BCUT2D eigenvalue weighted by molar-refractivity contribution is 5.87. The SMILES string of the molecule is Cc1n[nH]c(C)c1CCCOc1ccc(C(=O)O)cc1F. The van der Waals surface area contributed by atoms with Crippen LogP contribution in [0, 0.1) is 19.7 Å². The largest absolute Gasteiger partial charge is 0.491 e. The van der Waals surface area contributed by atoms with E-state index in [1.165, 1.54) is 12.1 Å². The van der Waals surface area contributed by atoms with E-state index in [1.54, 1.807) is 0 Å². The Morgan fingerprint density at radius 3 is 2.76 bits per heavy atom. The van der Waals surface area contributed by atoms with Gasteiger partial charge in [-0.1, -0.05) is 0 Å². The molecule has 6 heteroatoms. The number of hydrogen-bond donors (Lipinski definition) is 2. The molecule has 0 aliphatic rings. The molecule has 0 saturated heterocycles. The summed E-state index contributed by atoms with van der Waals surface area (Å²) in [5, 5.41) is 15.8. The van der Waals surface area contributed by atoms with Crippen LogP contribution in [0.1, 0.15) is 33.7 Å². The molecule has 0 aliphatic carbocycles. The number of aromatic carboxylic acids is 1. The van der Waals surface area contributed by atoms with Crippen molar-refractivity contribution >= 4 is 5.97 Å². The minimum atomic E-state index is -1.16. The molecule has 0 bridgehead atoms. The number of aromatic nitrogens is 2. The van der Waals surface area contributed by atoms with Crippen molar-refractivity contribution in [2.45, 2.75) is 26.7 Å². The third-order valence-corrected chi connectivity index (χ3v) is 3.29. The van der Waals surface area contributed by atoms with Crippen LogP contribution in [0.3, 0.4) is 0 Å².